The van der Waals surface area contributed by atoms with Crippen molar-refractivity contribution in [3.63, 3.8) is 0 Å². The monoisotopic (exact) mass is 448 g/mol. The van der Waals surface area contributed by atoms with Crippen molar-refractivity contribution in [1.82, 2.24) is 14.3 Å². The third kappa shape index (κ3) is 3.80. The lowest BCUT2D eigenvalue weighted by molar-refractivity contribution is 0.0984. The van der Waals surface area contributed by atoms with Gasteiger partial charge in [0.25, 0.3) is 5.91 Å². The number of sulfonamides is 1. The van der Waals surface area contributed by atoms with Crippen LogP contribution in [-0.4, -0.2) is 48.2 Å². The van der Waals surface area contributed by atoms with Gasteiger partial charge in [0.1, 0.15) is 0 Å². The quantitative estimate of drug-likeness (QED) is 0.610. The maximum absolute atomic E-state index is 13.2. The highest BCUT2D eigenvalue weighted by atomic mass is 32.2. The number of hydrogen-bond acceptors (Lipinski definition) is 5. The molecule has 1 aromatic heterocycles. The van der Waals surface area contributed by atoms with E-state index in [9.17, 15) is 13.2 Å². The van der Waals surface area contributed by atoms with E-state index in [-0.39, 0.29) is 5.91 Å². The Labute approximate surface area is 187 Å². The highest BCUT2D eigenvalue weighted by Gasteiger charge is 2.30. The van der Waals surface area contributed by atoms with E-state index in [1.165, 1.54) is 0 Å². The van der Waals surface area contributed by atoms with Crippen LogP contribution < -0.4 is 4.90 Å². The zero-order valence-electron chi connectivity index (χ0n) is 17.6. The SMILES string of the molecule is O=C(c1cnc(-c2ccccc2)nc1)N1CCCc2cc(S(=O)(=O)N3CCCC3)ccc21. The summed E-state index contributed by atoms with van der Waals surface area (Å²) < 4.78 is 27.4. The van der Waals surface area contributed by atoms with Gasteiger partial charge >= 0.3 is 0 Å². The van der Waals surface area contributed by atoms with Crippen LogP contribution >= 0.6 is 0 Å². The van der Waals surface area contributed by atoms with Gasteiger partial charge in [0, 0.05) is 43.3 Å². The van der Waals surface area contributed by atoms with Crippen molar-refractivity contribution < 1.29 is 13.2 Å². The van der Waals surface area contributed by atoms with Crippen LogP contribution in [0.15, 0.2) is 65.8 Å². The molecule has 7 nitrogen and oxygen atoms in total. The first kappa shape index (κ1) is 20.8. The molecule has 0 spiro atoms. The predicted octanol–water partition coefficient (Wildman–Crippen LogP) is 3.52. The Balaban J connectivity index is 1.41. The van der Waals surface area contributed by atoms with Gasteiger partial charge in [0.05, 0.1) is 10.5 Å². The predicted molar refractivity (Wildman–Crippen MR) is 122 cm³/mol. The van der Waals surface area contributed by atoms with E-state index in [4.69, 9.17) is 0 Å². The van der Waals surface area contributed by atoms with Crippen molar-refractivity contribution >= 4 is 21.6 Å². The molecule has 1 fully saturated rings. The Hall–Kier alpha value is -3.10. The highest BCUT2D eigenvalue weighted by molar-refractivity contribution is 7.89. The van der Waals surface area contributed by atoms with Crippen LogP contribution in [-0.2, 0) is 16.4 Å². The molecule has 8 heteroatoms. The second-order valence-electron chi connectivity index (χ2n) is 8.12. The van der Waals surface area contributed by atoms with Crippen molar-refractivity contribution in [2.75, 3.05) is 24.5 Å². The Morgan fingerprint density at radius 1 is 0.875 bits per heavy atom. The second kappa shape index (κ2) is 8.44. The molecule has 0 radical (unpaired) electrons. The molecule has 0 aliphatic carbocycles. The number of amides is 1. The Kier molecular flexibility index (Phi) is 5.48. The number of anilines is 1. The Morgan fingerprint density at radius 2 is 1.59 bits per heavy atom. The zero-order chi connectivity index (χ0) is 22.1. The molecule has 2 aromatic carbocycles. The van der Waals surface area contributed by atoms with Crippen molar-refractivity contribution in [2.24, 2.45) is 0 Å². The van der Waals surface area contributed by atoms with Gasteiger partial charge in [0.15, 0.2) is 5.82 Å². The summed E-state index contributed by atoms with van der Waals surface area (Å²) in [6.07, 6.45) is 6.42. The Bertz CT molecular complexity index is 1240. The third-order valence-corrected chi connectivity index (χ3v) is 7.94. The molecule has 1 saturated heterocycles. The second-order valence-corrected chi connectivity index (χ2v) is 10.1. The number of hydrogen-bond donors (Lipinski definition) is 0. The number of aryl methyl sites for hydroxylation is 1. The fourth-order valence-electron chi connectivity index (χ4n) is 4.35. The van der Waals surface area contributed by atoms with Gasteiger partial charge in [-0.1, -0.05) is 30.3 Å². The van der Waals surface area contributed by atoms with Crippen LogP contribution in [0.4, 0.5) is 5.69 Å². The van der Waals surface area contributed by atoms with E-state index >= 15 is 0 Å². The molecule has 32 heavy (non-hydrogen) atoms. The molecule has 2 aliphatic rings. The smallest absolute Gasteiger partial charge is 0.261 e. The zero-order valence-corrected chi connectivity index (χ0v) is 18.5. The molecule has 0 saturated carbocycles. The summed E-state index contributed by atoms with van der Waals surface area (Å²) in [4.78, 5) is 24.0. The van der Waals surface area contributed by atoms with E-state index in [1.54, 1.807) is 39.8 Å². The molecule has 0 atom stereocenters. The van der Waals surface area contributed by atoms with Crippen molar-refractivity contribution in [3.05, 3.63) is 72.1 Å². The molecule has 164 valence electrons. The van der Waals surface area contributed by atoms with Crippen LogP contribution in [0.3, 0.4) is 0 Å². The number of carbonyl (C=O) groups is 1. The third-order valence-electron chi connectivity index (χ3n) is 6.05. The summed E-state index contributed by atoms with van der Waals surface area (Å²) in [5, 5.41) is 0. The molecule has 0 N–H and O–H groups in total. The highest BCUT2D eigenvalue weighted by Crippen LogP contribution is 2.32. The summed E-state index contributed by atoms with van der Waals surface area (Å²) in [5.41, 5.74) is 2.94. The minimum atomic E-state index is -3.48. The number of fused-ring (bicyclic) bond motifs is 1. The van der Waals surface area contributed by atoms with E-state index in [0.29, 0.717) is 35.9 Å². The average molecular weight is 449 g/mol. The topological polar surface area (TPSA) is 83.5 Å². The van der Waals surface area contributed by atoms with Crippen LogP contribution in [0.1, 0.15) is 35.2 Å². The fraction of sp³-hybridized carbons (Fsp3) is 0.292. The fourth-order valence-corrected chi connectivity index (χ4v) is 5.92. The molecule has 0 bridgehead atoms. The molecular formula is C24H24N4O3S. The molecule has 3 heterocycles. The van der Waals surface area contributed by atoms with E-state index < -0.39 is 10.0 Å². The van der Waals surface area contributed by atoms with Crippen LogP contribution in [0.25, 0.3) is 11.4 Å². The maximum Gasteiger partial charge on any atom is 0.261 e. The lowest BCUT2D eigenvalue weighted by Crippen LogP contribution is -2.36. The normalized spacial score (nSPS) is 16.7. The summed E-state index contributed by atoms with van der Waals surface area (Å²) in [6, 6.07) is 14.7. The van der Waals surface area contributed by atoms with Crippen LogP contribution in [0.5, 0.6) is 0 Å². The molecule has 3 aromatic rings. The largest absolute Gasteiger partial charge is 0.308 e. The summed E-state index contributed by atoms with van der Waals surface area (Å²) in [5.74, 6) is 0.388. The molecule has 1 amide bonds. The van der Waals surface area contributed by atoms with E-state index in [1.807, 2.05) is 30.3 Å². The van der Waals surface area contributed by atoms with E-state index in [0.717, 1.165) is 42.5 Å². The van der Waals surface area contributed by atoms with Gasteiger partial charge in [0.2, 0.25) is 10.0 Å². The van der Waals surface area contributed by atoms with Gasteiger partial charge in [-0.2, -0.15) is 4.31 Å². The first-order valence-corrected chi connectivity index (χ1v) is 12.3. The number of nitrogens with zero attached hydrogens (tertiary/aromatic N) is 4. The lowest BCUT2D eigenvalue weighted by atomic mass is 10.0. The van der Waals surface area contributed by atoms with Crippen LogP contribution in [0, 0.1) is 0 Å². The number of benzene rings is 2. The van der Waals surface area contributed by atoms with Gasteiger partial charge in [-0.25, -0.2) is 18.4 Å². The van der Waals surface area contributed by atoms with Crippen molar-refractivity contribution in [2.45, 2.75) is 30.6 Å². The first-order chi connectivity index (χ1) is 15.5. The Morgan fingerprint density at radius 3 is 2.31 bits per heavy atom. The summed E-state index contributed by atoms with van der Waals surface area (Å²) >= 11 is 0. The summed E-state index contributed by atoms with van der Waals surface area (Å²) in [7, 11) is -3.48. The standard InChI is InChI=1S/C24H24N4O3S/c29-24(20-16-25-23(26-17-20)18-7-2-1-3-8-18)28-14-6-9-19-15-21(10-11-22(19)28)32(30,31)27-12-4-5-13-27/h1-3,7-8,10-11,15-17H,4-6,9,12-14H2. The number of rotatable bonds is 4. The van der Waals surface area contributed by atoms with Crippen LogP contribution in [0.2, 0.25) is 0 Å². The minimum absolute atomic E-state index is 0.180. The van der Waals surface area contributed by atoms with Crippen molar-refractivity contribution in [1.29, 1.82) is 0 Å². The molecule has 5 rings (SSSR count). The maximum atomic E-state index is 13.2. The van der Waals surface area contributed by atoms with E-state index in [2.05, 4.69) is 9.97 Å². The first-order valence-electron chi connectivity index (χ1n) is 10.9. The number of aromatic nitrogens is 2. The molecular weight excluding hydrogens is 424 g/mol. The summed E-state index contributed by atoms with van der Waals surface area (Å²) in [6.45, 7) is 1.72. The van der Waals surface area contributed by atoms with Gasteiger partial charge in [-0.05, 0) is 49.4 Å². The molecule has 2 aliphatic heterocycles. The number of carbonyl (C=O) groups excluding carboxylic acids is 1. The lowest BCUT2D eigenvalue weighted by Gasteiger charge is -2.30. The average Bonchev–Trinajstić information content (AvgIpc) is 3.40. The van der Waals surface area contributed by atoms with Gasteiger partial charge in [-0.3, -0.25) is 4.79 Å². The van der Waals surface area contributed by atoms with Crippen molar-refractivity contribution in [3.8, 4) is 11.4 Å². The minimum Gasteiger partial charge on any atom is -0.308 e. The van der Waals surface area contributed by atoms with Gasteiger partial charge in [-0.15, -0.1) is 0 Å². The van der Waals surface area contributed by atoms with Gasteiger partial charge < -0.3 is 4.90 Å². The molecule has 0 unspecified atom stereocenters.